The van der Waals surface area contributed by atoms with Gasteiger partial charge in [-0.3, -0.25) is 5.41 Å². The molecule has 0 atom stereocenters. The quantitative estimate of drug-likeness (QED) is 0.578. The van der Waals surface area contributed by atoms with Crippen molar-refractivity contribution in [2.75, 3.05) is 11.4 Å². The van der Waals surface area contributed by atoms with Crippen LogP contribution in [-0.2, 0) is 0 Å². The zero-order chi connectivity index (χ0) is 13.0. The summed E-state index contributed by atoms with van der Waals surface area (Å²) in [6.07, 6.45) is 0. The van der Waals surface area contributed by atoms with E-state index in [4.69, 9.17) is 22.7 Å². The Morgan fingerprint density at radius 1 is 1.56 bits per heavy atom. The summed E-state index contributed by atoms with van der Waals surface area (Å²) < 4.78 is 0. The number of rotatable bonds is 2. The molecule has 7 heteroatoms. The number of benzene rings is 1. The fourth-order valence-electron chi connectivity index (χ4n) is 1.47. The number of aryl methyl sites for hydroxylation is 1. The van der Waals surface area contributed by atoms with E-state index in [1.54, 1.807) is 32.0 Å². The number of urea groups is 1. The fourth-order valence-corrected chi connectivity index (χ4v) is 1.77. The molecule has 0 heterocycles. The Labute approximate surface area is 117 Å². The molecule has 1 aromatic rings. The highest BCUT2D eigenvalue weighted by Crippen LogP contribution is 2.29. The van der Waals surface area contributed by atoms with Crippen molar-refractivity contribution in [3.63, 3.8) is 0 Å². The third-order valence-corrected chi connectivity index (χ3v) is 2.49. The smallest absolute Gasteiger partial charge is 0.328 e. The molecule has 5 nitrogen and oxygen atoms in total. The second kappa shape index (κ2) is 7.08. The molecule has 18 heavy (non-hydrogen) atoms. The third kappa shape index (κ3) is 3.51. The Kier molecular flexibility index (Phi) is 6.51. The molecule has 0 unspecified atom stereocenters. The van der Waals surface area contributed by atoms with Crippen molar-refractivity contribution in [1.82, 2.24) is 5.32 Å². The third-order valence-electron chi connectivity index (χ3n) is 2.18. The first-order valence-corrected chi connectivity index (χ1v) is 5.54. The van der Waals surface area contributed by atoms with E-state index >= 15 is 0 Å². The number of hydrogen-bond acceptors (Lipinski definition) is 2. The summed E-state index contributed by atoms with van der Waals surface area (Å²) in [5, 5.41) is 10.4. The molecule has 0 aliphatic carbocycles. The van der Waals surface area contributed by atoms with E-state index in [1.807, 2.05) is 0 Å². The number of nitrogens with one attached hydrogen (secondary N) is 2. The van der Waals surface area contributed by atoms with Gasteiger partial charge in [0.2, 0.25) is 5.96 Å². The number of hydrogen-bond donors (Lipinski definition) is 3. The highest BCUT2D eigenvalue weighted by molar-refractivity contribution is 6.35. The molecular formula is C11H16Cl2N4O. The molecule has 100 valence electrons. The molecule has 0 bridgehead atoms. The van der Waals surface area contributed by atoms with Crippen molar-refractivity contribution in [3.8, 4) is 0 Å². The highest BCUT2D eigenvalue weighted by Gasteiger charge is 2.22. The Balaban J connectivity index is 0.00000289. The first-order valence-electron chi connectivity index (χ1n) is 5.16. The number of halogens is 2. The van der Waals surface area contributed by atoms with Gasteiger partial charge in [-0.15, -0.1) is 12.4 Å². The average Bonchev–Trinajstić information content (AvgIpc) is 2.23. The van der Waals surface area contributed by atoms with Gasteiger partial charge >= 0.3 is 6.03 Å². The van der Waals surface area contributed by atoms with Crippen LogP contribution in [0, 0.1) is 12.3 Å². The van der Waals surface area contributed by atoms with Gasteiger partial charge in [0.1, 0.15) is 0 Å². The molecule has 0 fully saturated rings. The van der Waals surface area contributed by atoms with Crippen molar-refractivity contribution in [1.29, 1.82) is 5.41 Å². The summed E-state index contributed by atoms with van der Waals surface area (Å²) in [5.41, 5.74) is 6.64. The molecule has 2 amide bonds. The molecule has 0 aromatic heterocycles. The van der Waals surface area contributed by atoms with Gasteiger partial charge in [0, 0.05) is 6.54 Å². The van der Waals surface area contributed by atoms with Crippen LogP contribution in [0.15, 0.2) is 18.2 Å². The molecule has 1 rings (SSSR count). The van der Waals surface area contributed by atoms with Gasteiger partial charge in [0.25, 0.3) is 0 Å². The summed E-state index contributed by atoms with van der Waals surface area (Å²) >= 11 is 6.04. The lowest BCUT2D eigenvalue weighted by molar-refractivity contribution is 0.249. The lowest BCUT2D eigenvalue weighted by Crippen LogP contribution is -2.47. The molecule has 0 spiro atoms. The fraction of sp³-hybridized carbons (Fsp3) is 0.273. The van der Waals surface area contributed by atoms with E-state index in [-0.39, 0.29) is 18.4 Å². The van der Waals surface area contributed by atoms with Crippen molar-refractivity contribution < 1.29 is 4.79 Å². The minimum absolute atomic E-state index is 0. The van der Waals surface area contributed by atoms with Crippen molar-refractivity contribution >= 4 is 41.7 Å². The largest absolute Gasteiger partial charge is 0.369 e. The normalized spacial score (nSPS) is 9.28. The number of guanidine groups is 1. The van der Waals surface area contributed by atoms with Crippen LogP contribution in [0.1, 0.15) is 12.5 Å². The van der Waals surface area contributed by atoms with Crippen LogP contribution < -0.4 is 16.0 Å². The molecule has 1 aromatic carbocycles. The molecule has 0 saturated heterocycles. The van der Waals surface area contributed by atoms with Crippen LogP contribution in [0.3, 0.4) is 0 Å². The number of carbonyl (C=O) groups is 1. The molecule has 0 radical (unpaired) electrons. The topological polar surface area (TPSA) is 82.2 Å². The first-order chi connectivity index (χ1) is 7.99. The molecule has 0 aliphatic heterocycles. The van der Waals surface area contributed by atoms with Crippen LogP contribution in [0.25, 0.3) is 0 Å². The second-order valence-electron chi connectivity index (χ2n) is 3.46. The molecular weight excluding hydrogens is 275 g/mol. The number of nitrogens with zero attached hydrogens (tertiary/aromatic N) is 1. The van der Waals surface area contributed by atoms with Gasteiger partial charge in [0.15, 0.2) is 0 Å². The van der Waals surface area contributed by atoms with Gasteiger partial charge in [-0.2, -0.15) is 0 Å². The van der Waals surface area contributed by atoms with Gasteiger partial charge < -0.3 is 11.1 Å². The minimum Gasteiger partial charge on any atom is -0.369 e. The summed E-state index contributed by atoms with van der Waals surface area (Å²) in [5.74, 6) is -0.368. The second-order valence-corrected chi connectivity index (χ2v) is 3.87. The maximum absolute atomic E-state index is 11.8. The molecule has 0 aliphatic rings. The Morgan fingerprint density at radius 2 is 2.17 bits per heavy atom. The molecule has 0 saturated carbocycles. The van der Waals surface area contributed by atoms with Gasteiger partial charge in [0.05, 0.1) is 10.7 Å². The van der Waals surface area contributed by atoms with E-state index in [1.165, 1.54) is 0 Å². The van der Waals surface area contributed by atoms with Crippen LogP contribution in [-0.4, -0.2) is 18.5 Å². The average molecular weight is 291 g/mol. The summed E-state index contributed by atoms with van der Waals surface area (Å²) in [7, 11) is 0. The van der Waals surface area contributed by atoms with Crippen LogP contribution >= 0.6 is 24.0 Å². The highest BCUT2D eigenvalue weighted by atomic mass is 35.5. The zero-order valence-electron chi connectivity index (χ0n) is 10.2. The van der Waals surface area contributed by atoms with E-state index < -0.39 is 6.03 Å². The van der Waals surface area contributed by atoms with Crippen LogP contribution in [0.4, 0.5) is 10.5 Å². The lowest BCUT2D eigenvalue weighted by atomic mass is 10.2. The zero-order valence-corrected chi connectivity index (χ0v) is 11.7. The number of nitrogens with two attached hydrogens (primary N) is 1. The number of amides is 2. The summed E-state index contributed by atoms with van der Waals surface area (Å²) in [6.45, 7) is 4.04. The number of para-hydroxylation sites is 1. The lowest BCUT2D eigenvalue weighted by Gasteiger charge is -2.23. The van der Waals surface area contributed by atoms with Crippen molar-refractivity contribution in [2.45, 2.75) is 13.8 Å². The predicted octanol–water partition coefficient (Wildman–Crippen LogP) is 2.50. The maximum Gasteiger partial charge on any atom is 0.328 e. The predicted molar refractivity (Wildman–Crippen MR) is 76.9 cm³/mol. The number of carbonyl (C=O) groups excluding carboxylic acids is 1. The Morgan fingerprint density at radius 3 is 2.61 bits per heavy atom. The minimum atomic E-state index is -0.462. The SMILES string of the molecule is CCNC(=O)N(C(=N)N)c1c(C)cccc1Cl.Cl. The molecule has 4 N–H and O–H groups in total. The van der Waals surface area contributed by atoms with Crippen molar-refractivity contribution in [2.24, 2.45) is 5.73 Å². The Bertz CT molecular complexity index is 430. The van der Waals surface area contributed by atoms with E-state index in [0.717, 1.165) is 10.5 Å². The maximum atomic E-state index is 11.8. The van der Waals surface area contributed by atoms with E-state index in [0.29, 0.717) is 17.3 Å². The van der Waals surface area contributed by atoms with Gasteiger partial charge in [-0.1, -0.05) is 23.7 Å². The summed E-state index contributed by atoms with van der Waals surface area (Å²) in [4.78, 5) is 12.9. The van der Waals surface area contributed by atoms with Crippen molar-refractivity contribution in [3.05, 3.63) is 28.8 Å². The summed E-state index contributed by atoms with van der Waals surface area (Å²) in [6, 6.07) is 4.77. The first kappa shape index (κ1) is 16.5. The van der Waals surface area contributed by atoms with Gasteiger partial charge in [-0.25, -0.2) is 9.69 Å². The van der Waals surface area contributed by atoms with E-state index in [9.17, 15) is 4.79 Å². The van der Waals surface area contributed by atoms with Crippen LogP contribution in [0.2, 0.25) is 5.02 Å². The standard InChI is InChI=1S/C11H15ClN4O.ClH/c1-3-15-11(17)16(10(13)14)9-7(2)5-4-6-8(9)12;/h4-6H,3H2,1-2H3,(H3,13,14)(H,15,17);1H. The van der Waals surface area contributed by atoms with Crippen LogP contribution in [0.5, 0.6) is 0 Å². The Hall–Kier alpha value is -1.46. The monoisotopic (exact) mass is 290 g/mol. The van der Waals surface area contributed by atoms with Gasteiger partial charge in [-0.05, 0) is 25.5 Å². The number of anilines is 1. The van der Waals surface area contributed by atoms with E-state index in [2.05, 4.69) is 5.32 Å².